The summed E-state index contributed by atoms with van der Waals surface area (Å²) in [7, 11) is -7.38. The zero-order valence-corrected chi connectivity index (χ0v) is 9.55. The first-order chi connectivity index (χ1) is 8.71. The van der Waals surface area contributed by atoms with E-state index in [0.717, 1.165) is 0 Å². The van der Waals surface area contributed by atoms with Crippen LogP contribution in [0.25, 0.3) is 0 Å². The molecule has 0 heterocycles. The van der Waals surface area contributed by atoms with Gasteiger partial charge in [-0.1, -0.05) is 0 Å². The van der Waals surface area contributed by atoms with Crippen molar-refractivity contribution in [2.75, 3.05) is 0 Å². The molecule has 1 N–H and O–H groups in total. The summed E-state index contributed by atoms with van der Waals surface area (Å²) in [5, 5.41) is -7.23. The van der Waals surface area contributed by atoms with E-state index in [1.165, 1.54) is 4.74 Å². The molecule has 0 rings (SSSR count). The number of alkyl halides is 11. The van der Waals surface area contributed by atoms with Crippen LogP contribution < -0.4 is 0 Å². The fourth-order valence-electron chi connectivity index (χ4n) is 0.737. The molecule has 4 nitrogen and oxygen atoms in total. The second-order valence-electron chi connectivity index (χ2n) is 3.21. The molecule has 128 valence electrons. The van der Waals surface area contributed by atoms with E-state index in [4.69, 9.17) is 4.55 Å². The normalized spacial score (nSPS) is 16.2. The second-order valence-corrected chi connectivity index (χ2v) is 4.67. The average molecular weight is 366 g/mol. The molecule has 0 aliphatic rings. The molecular formula is C5HF11O4S. The number of hydrogen-bond acceptors (Lipinski definition) is 3. The molecule has 21 heavy (non-hydrogen) atoms. The minimum absolute atomic E-state index is 1.31. The van der Waals surface area contributed by atoms with Gasteiger partial charge < -0.3 is 0 Å². The maximum absolute atomic E-state index is 12.6. The highest BCUT2D eigenvalue weighted by atomic mass is 32.2. The van der Waals surface area contributed by atoms with Crippen LogP contribution in [0, 0.1) is 0 Å². The Morgan fingerprint density at radius 3 is 1.29 bits per heavy atom. The van der Waals surface area contributed by atoms with Gasteiger partial charge in [0.1, 0.15) is 0 Å². The zero-order chi connectivity index (χ0) is 17.7. The molecular weight excluding hydrogens is 365 g/mol. The van der Waals surface area contributed by atoms with Gasteiger partial charge in [-0.25, -0.2) is 4.74 Å². The van der Waals surface area contributed by atoms with Crippen LogP contribution in [0.2, 0.25) is 0 Å². The second kappa shape index (κ2) is 4.80. The molecule has 0 aliphatic heterocycles. The molecule has 0 bridgehead atoms. The van der Waals surface area contributed by atoms with Gasteiger partial charge in [0.25, 0.3) is 0 Å². The Kier molecular flexibility index (Phi) is 4.60. The average Bonchev–Trinajstić information content (AvgIpc) is 2.10. The van der Waals surface area contributed by atoms with Crippen molar-refractivity contribution in [3.8, 4) is 0 Å². The summed E-state index contributed by atoms with van der Waals surface area (Å²) in [6.45, 7) is 0. The number of rotatable bonds is 5. The highest BCUT2D eigenvalue weighted by Gasteiger charge is 2.86. The van der Waals surface area contributed by atoms with Crippen molar-refractivity contribution in [3.63, 3.8) is 0 Å². The third-order valence-corrected chi connectivity index (χ3v) is 2.60. The standard InChI is InChI=1S/C5HF11O4S/c6-1(7,3(10,11)20-5(14,15)16)2(8,9)4(12,13)21(17,18)19/h(H,17,18,19). The molecule has 0 unspecified atom stereocenters. The van der Waals surface area contributed by atoms with Gasteiger partial charge in [0.05, 0.1) is 0 Å². The van der Waals surface area contributed by atoms with Gasteiger partial charge in [0.15, 0.2) is 0 Å². The summed E-state index contributed by atoms with van der Waals surface area (Å²) in [5.74, 6) is -15.3. The van der Waals surface area contributed by atoms with E-state index >= 15 is 0 Å². The molecule has 0 aromatic heterocycles. The first-order valence-corrected chi connectivity index (χ1v) is 5.40. The van der Waals surface area contributed by atoms with Crippen molar-refractivity contribution in [1.82, 2.24) is 0 Å². The Morgan fingerprint density at radius 1 is 0.714 bits per heavy atom. The predicted molar refractivity (Wildman–Crippen MR) is 38.5 cm³/mol. The molecule has 0 spiro atoms. The lowest BCUT2D eigenvalue weighted by Gasteiger charge is -2.34. The van der Waals surface area contributed by atoms with E-state index in [9.17, 15) is 56.7 Å². The summed E-state index contributed by atoms with van der Waals surface area (Å²) < 4.78 is 163. The van der Waals surface area contributed by atoms with E-state index in [2.05, 4.69) is 0 Å². The lowest BCUT2D eigenvalue weighted by Crippen LogP contribution is -2.65. The van der Waals surface area contributed by atoms with Gasteiger partial charge in [-0.3, -0.25) is 4.55 Å². The largest absolute Gasteiger partial charge is 0.527 e. The number of hydrogen-bond donors (Lipinski definition) is 1. The Hall–Kier alpha value is -0.900. The minimum atomic E-state index is -7.66. The molecule has 0 aromatic carbocycles. The van der Waals surface area contributed by atoms with Crippen LogP contribution >= 0.6 is 0 Å². The lowest BCUT2D eigenvalue weighted by molar-refractivity contribution is -0.492. The van der Waals surface area contributed by atoms with Gasteiger partial charge in [0.2, 0.25) is 0 Å². The minimum Gasteiger partial charge on any atom is -0.281 e. The smallest absolute Gasteiger partial charge is 0.281 e. The quantitative estimate of drug-likeness (QED) is 0.601. The summed E-state index contributed by atoms with van der Waals surface area (Å²) in [6, 6.07) is 0. The fraction of sp³-hybridized carbons (Fsp3) is 1.00. The molecule has 16 heteroatoms. The van der Waals surface area contributed by atoms with Crippen LogP contribution in [-0.4, -0.2) is 42.5 Å². The molecule has 0 radical (unpaired) electrons. The van der Waals surface area contributed by atoms with Crippen LogP contribution in [0.15, 0.2) is 0 Å². The number of ether oxygens (including phenoxy) is 1. The van der Waals surface area contributed by atoms with E-state index < -0.39 is 39.7 Å². The Balaban J connectivity index is 6.01. The van der Waals surface area contributed by atoms with Gasteiger partial charge >= 0.3 is 39.7 Å². The van der Waals surface area contributed by atoms with Crippen LogP contribution in [-0.2, 0) is 14.9 Å². The molecule has 0 saturated heterocycles. The highest BCUT2D eigenvalue weighted by Crippen LogP contribution is 2.55. The van der Waals surface area contributed by atoms with E-state index in [1.807, 2.05) is 0 Å². The molecule has 0 saturated carbocycles. The van der Waals surface area contributed by atoms with Gasteiger partial charge in [-0.05, 0) is 0 Å². The molecule has 0 fully saturated rings. The summed E-state index contributed by atoms with van der Waals surface area (Å²) in [4.78, 5) is 0. The van der Waals surface area contributed by atoms with E-state index in [1.54, 1.807) is 0 Å². The highest BCUT2D eigenvalue weighted by molar-refractivity contribution is 7.87. The van der Waals surface area contributed by atoms with Gasteiger partial charge in [-0.15, -0.1) is 13.2 Å². The number of halogens is 11. The summed E-state index contributed by atoms with van der Waals surface area (Å²) in [6.07, 6.45) is -13.9. The Morgan fingerprint density at radius 2 is 1.05 bits per heavy atom. The molecule has 0 atom stereocenters. The van der Waals surface area contributed by atoms with Crippen LogP contribution in [0.5, 0.6) is 0 Å². The van der Waals surface area contributed by atoms with Gasteiger partial charge in [-0.2, -0.15) is 43.5 Å². The van der Waals surface area contributed by atoms with Crippen LogP contribution in [0.4, 0.5) is 48.3 Å². The van der Waals surface area contributed by atoms with Crippen molar-refractivity contribution in [2.45, 2.75) is 29.6 Å². The van der Waals surface area contributed by atoms with E-state index in [-0.39, 0.29) is 0 Å². The van der Waals surface area contributed by atoms with Crippen LogP contribution in [0.1, 0.15) is 0 Å². The third-order valence-electron chi connectivity index (χ3n) is 1.69. The van der Waals surface area contributed by atoms with Crippen LogP contribution in [0.3, 0.4) is 0 Å². The topological polar surface area (TPSA) is 63.6 Å². The van der Waals surface area contributed by atoms with Crippen molar-refractivity contribution in [1.29, 1.82) is 0 Å². The summed E-state index contributed by atoms with van der Waals surface area (Å²) >= 11 is 0. The van der Waals surface area contributed by atoms with Crippen molar-refractivity contribution < 1.29 is 66.0 Å². The zero-order valence-electron chi connectivity index (χ0n) is 8.74. The molecule has 0 amide bonds. The van der Waals surface area contributed by atoms with Crippen molar-refractivity contribution >= 4 is 10.1 Å². The maximum Gasteiger partial charge on any atom is 0.527 e. The fourth-order valence-corrected chi connectivity index (χ4v) is 1.19. The van der Waals surface area contributed by atoms with Gasteiger partial charge in [0, 0.05) is 0 Å². The molecule has 0 aromatic rings. The Labute approximate surface area is 107 Å². The SMILES string of the molecule is O=S(=O)(O)C(F)(F)C(F)(F)C(F)(F)C(F)(F)OC(F)(F)F. The van der Waals surface area contributed by atoms with Crippen molar-refractivity contribution in [2.24, 2.45) is 0 Å². The van der Waals surface area contributed by atoms with E-state index in [0.29, 0.717) is 0 Å². The van der Waals surface area contributed by atoms with Crippen molar-refractivity contribution in [3.05, 3.63) is 0 Å². The first kappa shape index (κ1) is 20.1. The summed E-state index contributed by atoms with van der Waals surface area (Å²) in [5.41, 5.74) is 0. The third kappa shape index (κ3) is 3.31. The molecule has 0 aliphatic carbocycles. The Bertz CT molecular complexity index is 491. The maximum atomic E-state index is 12.6. The lowest BCUT2D eigenvalue weighted by atomic mass is 10.1. The first-order valence-electron chi connectivity index (χ1n) is 3.96. The monoisotopic (exact) mass is 366 g/mol. The predicted octanol–water partition coefficient (Wildman–Crippen LogP) is 2.87.